The highest BCUT2D eigenvalue weighted by atomic mass is 14.3. The van der Waals surface area contributed by atoms with Crippen LogP contribution in [0.1, 0.15) is 29.9 Å². The van der Waals surface area contributed by atoms with Gasteiger partial charge in [0, 0.05) is 18.8 Å². The topological polar surface area (TPSA) is 47.6 Å². The van der Waals surface area contributed by atoms with Crippen LogP contribution in [0, 0.1) is 29.6 Å². The molecule has 0 saturated heterocycles. The molecule has 0 bridgehead atoms. The summed E-state index contributed by atoms with van der Waals surface area (Å²) in [6.45, 7) is 2.01. The third kappa shape index (κ3) is 2.61. The van der Waals surface area contributed by atoms with E-state index in [0.29, 0.717) is 12.8 Å². The SMILES string of the molecule is Cc1cccc(C(CC#N)CC#N)c1. The molecule has 0 atom stereocenters. The first-order valence-corrected chi connectivity index (χ1v) is 4.58. The van der Waals surface area contributed by atoms with Crippen LogP contribution >= 0.6 is 0 Å². The van der Waals surface area contributed by atoms with E-state index >= 15 is 0 Å². The van der Waals surface area contributed by atoms with Crippen LogP contribution in [-0.2, 0) is 0 Å². The van der Waals surface area contributed by atoms with Gasteiger partial charge in [0.05, 0.1) is 12.1 Å². The van der Waals surface area contributed by atoms with Gasteiger partial charge in [0.15, 0.2) is 0 Å². The summed E-state index contributed by atoms with van der Waals surface area (Å²) in [6.07, 6.45) is 0.827. The molecular weight excluding hydrogens is 172 g/mol. The van der Waals surface area contributed by atoms with E-state index in [1.54, 1.807) is 0 Å². The van der Waals surface area contributed by atoms with Crippen LogP contribution in [0.4, 0.5) is 0 Å². The van der Waals surface area contributed by atoms with Crippen molar-refractivity contribution in [3.63, 3.8) is 0 Å². The molecule has 0 radical (unpaired) electrons. The van der Waals surface area contributed by atoms with Gasteiger partial charge in [0.25, 0.3) is 0 Å². The molecule has 0 fully saturated rings. The number of rotatable bonds is 3. The molecule has 0 heterocycles. The molecular formula is C12H12N2. The summed E-state index contributed by atoms with van der Waals surface area (Å²) in [5.41, 5.74) is 2.26. The molecule has 0 aliphatic heterocycles. The maximum Gasteiger partial charge on any atom is 0.0628 e. The van der Waals surface area contributed by atoms with E-state index in [-0.39, 0.29) is 5.92 Å². The van der Waals surface area contributed by atoms with E-state index in [9.17, 15) is 0 Å². The Morgan fingerprint density at radius 1 is 1.21 bits per heavy atom. The van der Waals surface area contributed by atoms with E-state index in [0.717, 1.165) is 5.56 Å². The molecule has 1 aromatic rings. The number of hydrogen-bond donors (Lipinski definition) is 0. The van der Waals surface area contributed by atoms with Gasteiger partial charge in [0.1, 0.15) is 0 Å². The van der Waals surface area contributed by atoms with Gasteiger partial charge < -0.3 is 0 Å². The van der Waals surface area contributed by atoms with Crippen molar-refractivity contribution < 1.29 is 0 Å². The molecule has 0 unspecified atom stereocenters. The molecule has 0 aliphatic rings. The molecule has 14 heavy (non-hydrogen) atoms. The number of hydrogen-bond acceptors (Lipinski definition) is 2. The largest absolute Gasteiger partial charge is 0.198 e. The average Bonchev–Trinajstić information content (AvgIpc) is 2.17. The lowest BCUT2D eigenvalue weighted by atomic mass is 9.93. The third-order valence-corrected chi connectivity index (χ3v) is 2.19. The van der Waals surface area contributed by atoms with Crippen molar-refractivity contribution in [3.05, 3.63) is 35.4 Å². The summed E-state index contributed by atoms with van der Waals surface area (Å²) in [7, 11) is 0. The fourth-order valence-electron chi connectivity index (χ4n) is 1.45. The predicted octanol–water partition coefficient (Wildman–Crippen LogP) is 2.91. The Morgan fingerprint density at radius 3 is 2.36 bits per heavy atom. The zero-order chi connectivity index (χ0) is 10.4. The number of nitrogens with zero attached hydrogens (tertiary/aromatic N) is 2. The Morgan fingerprint density at radius 2 is 1.86 bits per heavy atom. The highest BCUT2D eigenvalue weighted by Gasteiger charge is 2.10. The van der Waals surface area contributed by atoms with Crippen molar-refractivity contribution in [2.24, 2.45) is 0 Å². The monoisotopic (exact) mass is 184 g/mol. The van der Waals surface area contributed by atoms with E-state index in [1.807, 2.05) is 31.2 Å². The Bertz CT molecular complexity index is 366. The predicted molar refractivity (Wildman–Crippen MR) is 54.4 cm³/mol. The smallest absolute Gasteiger partial charge is 0.0628 e. The van der Waals surface area contributed by atoms with E-state index in [1.165, 1.54) is 5.56 Å². The van der Waals surface area contributed by atoms with Crippen LogP contribution < -0.4 is 0 Å². The molecule has 0 spiro atoms. The lowest BCUT2D eigenvalue weighted by Gasteiger charge is -2.10. The Labute approximate surface area is 84.4 Å². The third-order valence-electron chi connectivity index (χ3n) is 2.19. The summed E-state index contributed by atoms with van der Waals surface area (Å²) in [5.74, 6) is 0.0601. The summed E-state index contributed by atoms with van der Waals surface area (Å²) in [4.78, 5) is 0. The van der Waals surface area contributed by atoms with Crippen molar-refractivity contribution in [1.29, 1.82) is 10.5 Å². The van der Waals surface area contributed by atoms with Gasteiger partial charge >= 0.3 is 0 Å². The molecule has 70 valence electrons. The minimum absolute atomic E-state index is 0.0601. The standard InChI is InChI=1S/C12H12N2/c1-10-3-2-4-12(9-10)11(5-7-13)6-8-14/h2-4,9,11H,5-6H2,1H3. The van der Waals surface area contributed by atoms with Gasteiger partial charge in [-0.25, -0.2) is 0 Å². The van der Waals surface area contributed by atoms with E-state index in [2.05, 4.69) is 12.1 Å². The molecule has 2 nitrogen and oxygen atoms in total. The highest BCUT2D eigenvalue weighted by Crippen LogP contribution is 2.23. The first kappa shape index (κ1) is 10.3. The lowest BCUT2D eigenvalue weighted by Crippen LogP contribution is -1.96. The Kier molecular flexibility index (Phi) is 3.70. The van der Waals surface area contributed by atoms with Crippen LogP contribution in [0.5, 0.6) is 0 Å². The summed E-state index contributed by atoms with van der Waals surface area (Å²) in [5, 5.41) is 17.3. The summed E-state index contributed by atoms with van der Waals surface area (Å²) < 4.78 is 0. The summed E-state index contributed by atoms with van der Waals surface area (Å²) in [6, 6.07) is 12.2. The maximum absolute atomic E-state index is 8.63. The minimum Gasteiger partial charge on any atom is -0.198 e. The molecule has 1 rings (SSSR count). The lowest BCUT2D eigenvalue weighted by molar-refractivity contribution is 0.725. The minimum atomic E-state index is 0.0601. The van der Waals surface area contributed by atoms with Gasteiger partial charge in [-0.1, -0.05) is 29.8 Å². The van der Waals surface area contributed by atoms with Crippen LogP contribution in [0.2, 0.25) is 0 Å². The highest BCUT2D eigenvalue weighted by molar-refractivity contribution is 5.26. The van der Waals surface area contributed by atoms with Crippen LogP contribution in [0.15, 0.2) is 24.3 Å². The molecule has 0 aliphatic carbocycles. The second-order valence-electron chi connectivity index (χ2n) is 3.34. The number of aryl methyl sites for hydroxylation is 1. The fraction of sp³-hybridized carbons (Fsp3) is 0.333. The van der Waals surface area contributed by atoms with Gasteiger partial charge in [-0.05, 0) is 12.5 Å². The van der Waals surface area contributed by atoms with Crippen molar-refractivity contribution in [2.45, 2.75) is 25.7 Å². The zero-order valence-corrected chi connectivity index (χ0v) is 8.20. The van der Waals surface area contributed by atoms with E-state index in [4.69, 9.17) is 10.5 Å². The summed E-state index contributed by atoms with van der Waals surface area (Å²) >= 11 is 0. The normalized spacial score (nSPS) is 9.43. The van der Waals surface area contributed by atoms with Crippen LogP contribution in [-0.4, -0.2) is 0 Å². The van der Waals surface area contributed by atoms with Crippen molar-refractivity contribution in [1.82, 2.24) is 0 Å². The Hall–Kier alpha value is -1.80. The van der Waals surface area contributed by atoms with Crippen LogP contribution in [0.25, 0.3) is 0 Å². The number of benzene rings is 1. The second kappa shape index (κ2) is 5.04. The van der Waals surface area contributed by atoms with Gasteiger partial charge in [-0.15, -0.1) is 0 Å². The molecule has 0 aromatic heterocycles. The quantitative estimate of drug-likeness (QED) is 0.725. The van der Waals surface area contributed by atoms with Crippen molar-refractivity contribution >= 4 is 0 Å². The van der Waals surface area contributed by atoms with E-state index < -0.39 is 0 Å². The van der Waals surface area contributed by atoms with Crippen molar-refractivity contribution in [3.8, 4) is 12.1 Å². The first-order valence-electron chi connectivity index (χ1n) is 4.58. The zero-order valence-electron chi connectivity index (χ0n) is 8.20. The molecule has 1 aromatic carbocycles. The maximum atomic E-state index is 8.63. The molecule has 0 N–H and O–H groups in total. The van der Waals surface area contributed by atoms with Gasteiger partial charge in [0.2, 0.25) is 0 Å². The molecule has 0 amide bonds. The van der Waals surface area contributed by atoms with Gasteiger partial charge in [-0.2, -0.15) is 10.5 Å². The second-order valence-corrected chi connectivity index (χ2v) is 3.34. The molecule has 2 heteroatoms. The Balaban J connectivity index is 2.89. The van der Waals surface area contributed by atoms with Crippen LogP contribution in [0.3, 0.4) is 0 Å². The number of nitriles is 2. The molecule has 0 saturated carbocycles. The first-order chi connectivity index (χ1) is 6.77. The fourth-order valence-corrected chi connectivity index (χ4v) is 1.45. The van der Waals surface area contributed by atoms with Gasteiger partial charge in [-0.3, -0.25) is 0 Å². The van der Waals surface area contributed by atoms with Crippen molar-refractivity contribution in [2.75, 3.05) is 0 Å². The average molecular weight is 184 g/mol.